The molecular weight excluding hydrogens is 312 g/mol. The topological polar surface area (TPSA) is 48.9 Å². The van der Waals surface area contributed by atoms with Crippen LogP contribution in [-0.2, 0) is 16.1 Å². The standard InChI is InChI=1S/C16H24N4O2S/c21-15(13-1-2-13)19-3-5-20(6-4-19)16-17-14(12-23-16)11-18-7-9-22-10-8-18/h12-13H,1-11H2. The minimum Gasteiger partial charge on any atom is -0.379 e. The predicted molar refractivity (Wildman–Crippen MR) is 89.7 cm³/mol. The van der Waals surface area contributed by atoms with Crippen molar-refractivity contribution in [1.82, 2.24) is 14.8 Å². The van der Waals surface area contributed by atoms with Crippen LogP contribution in [0.25, 0.3) is 0 Å². The molecule has 4 rings (SSSR count). The number of carbonyl (C=O) groups excluding carboxylic acids is 1. The normalized spacial score (nSPS) is 23.3. The van der Waals surface area contributed by atoms with Gasteiger partial charge in [-0.2, -0.15) is 0 Å². The Labute approximate surface area is 141 Å². The van der Waals surface area contributed by atoms with E-state index in [-0.39, 0.29) is 0 Å². The van der Waals surface area contributed by atoms with Crippen molar-refractivity contribution in [3.05, 3.63) is 11.1 Å². The summed E-state index contributed by atoms with van der Waals surface area (Å²) in [6.07, 6.45) is 2.19. The average Bonchev–Trinajstić information content (AvgIpc) is 3.35. The van der Waals surface area contributed by atoms with Gasteiger partial charge >= 0.3 is 0 Å². The number of morpholine rings is 1. The third-order valence-corrected chi connectivity index (χ3v) is 5.77. The molecule has 126 valence electrons. The Balaban J connectivity index is 1.30. The molecule has 1 amide bonds. The largest absolute Gasteiger partial charge is 0.379 e. The highest BCUT2D eigenvalue weighted by atomic mass is 32.1. The van der Waals surface area contributed by atoms with Crippen molar-refractivity contribution >= 4 is 22.4 Å². The Morgan fingerprint density at radius 3 is 2.61 bits per heavy atom. The summed E-state index contributed by atoms with van der Waals surface area (Å²) in [5, 5.41) is 3.28. The number of ether oxygens (including phenoxy) is 1. The summed E-state index contributed by atoms with van der Waals surface area (Å²) in [6.45, 7) is 8.05. The SMILES string of the molecule is O=C(C1CC1)N1CCN(c2nc(CN3CCOCC3)cs2)CC1. The summed E-state index contributed by atoms with van der Waals surface area (Å²) < 4.78 is 5.39. The van der Waals surface area contributed by atoms with Crippen molar-refractivity contribution < 1.29 is 9.53 Å². The maximum Gasteiger partial charge on any atom is 0.225 e. The Kier molecular flexibility index (Phi) is 4.50. The first-order valence-corrected chi connectivity index (χ1v) is 9.46. The van der Waals surface area contributed by atoms with E-state index in [4.69, 9.17) is 9.72 Å². The summed E-state index contributed by atoms with van der Waals surface area (Å²) >= 11 is 1.73. The van der Waals surface area contributed by atoms with E-state index in [1.807, 2.05) is 4.90 Å². The quantitative estimate of drug-likeness (QED) is 0.822. The maximum absolute atomic E-state index is 12.1. The van der Waals surface area contributed by atoms with E-state index in [9.17, 15) is 4.79 Å². The van der Waals surface area contributed by atoms with Crippen molar-refractivity contribution in [2.75, 3.05) is 57.4 Å². The van der Waals surface area contributed by atoms with Gasteiger partial charge in [-0.15, -0.1) is 11.3 Å². The van der Waals surface area contributed by atoms with Crippen LogP contribution < -0.4 is 4.90 Å². The van der Waals surface area contributed by atoms with Crippen LogP contribution >= 0.6 is 11.3 Å². The van der Waals surface area contributed by atoms with Crippen LogP contribution in [0.15, 0.2) is 5.38 Å². The molecule has 0 aromatic carbocycles. The molecule has 1 aromatic heterocycles. The van der Waals surface area contributed by atoms with Crippen LogP contribution in [0.3, 0.4) is 0 Å². The lowest BCUT2D eigenvalue weighted by Crippen LogP contribution is -2.49. The monoisotopic (exact) mass is 336 g/mol. The zero-order chi connectivity index (χ0) is 15.6. The molecule has 1 saturated carbocycles. The van der Waals surface area contributed by atoms with E-state index < -0.39 is 0 Å². The van der Waals surface area contributed by atoms with Crippen LogP contribution in [-0.4, -0.2) is 73.2 Å². The summed E-state index contributed by atoms with van der Waals surface area (Å²) in [6, 6.07) is 0. The van der Waals surface area contributed by atoms with E-state index in [1.165, 1.54) is 0 Å². The lowest BCUT2D eigenvalue weighted by molar-refractivity contribution is -0.132. The predicted octanol–water partition coefficient (Wildman–Crippen LogP) is 1.03. The van der Waals surface area contributed by atoms with E-state index in [1.54, 1.807) is 11.3 Å². The molecular formula is C16H24N4O2S. The molecule has 0 spiro atoms. The van der Waals surface area contributed by atoms with Crippen LogP contribution in [0.1, 0.15) is 18.5 Å². The number of anilines is 1. The number of nitrogens with zero attached hydrogens (tertiary/aromatic N) is 4. The van der Waals surface area contributed by atoms with Gasteiger partial charge in [-0.05, 0) is 12.8 Å². The second-order valence-corrected chi connectivity index (χ2v) is 7.43. The van der Waals surface area contributed by atoms with E-state index in [2.05, 4.69) is 15.2 Å². The molecule has 0 N–H and O–H groups in total. The first-order valence-electron chi connectivity index (χ1n) is 8.58. The number of aromatic nitrogens is 1. The van der Waals surface area contributed by atoms with Gasteiger partial charge in [0.2, 0.25) is 5.91 Å². The number of piperazine rings is 1. The van der Waals surface area contributed by atoms with Gasteiger partial charge in [0, 0.05) is 57.1 Å². The Hall–Kier alpha value is -1.18. The van der Waals surface area contributed by atoms with E-state index in [0.29, 0.717) is 11.8 Å². The Bertz CT molecular complexity index is 546. The van der Waals surface area contributed by atoms with Crippen LogP contribution in [0.2, 0.25) is 0 Å². The van der Waals surface area contributed by atoms with Crippen molar-refractivity contribution in [3.8, 4) is 0 Å². The number of hydrogen-bond donors (Lipinski definition) is 0. The molecule has 23 heavy (non-hydrogen) atoms. The molecule has 0 unspecified atom stereocenters. The second kappa shape index (κ2) is 6.75. The van der Waals surface area contributed by atoms with Gasteiger partial charge in [-0.25, -0.2) is 4.98 Å². The number of amides is 1. The number of carbonyl (C=O) groups is 1. The molecule has 6 nitrogen and oxygen atoms in total. The fourth-order valence-electron chi connectivity index (χ4n) is 3.21. The maximum atomic E-state index is 12.1. The van der Waals surface area contributed by atoms with Crippen LogP contribution in [0.5, 0.6) is 0 Å². The summed E-state index contributed by atoms with van der Waals surface area (Å²) in [5.74, 6) is 0.707. The zero-order valence-electron chi connectivity index (χ0n) is 13.4. The van der Waals surface area contributed by atoms with Crippen molar-refractivity contribution in [2.45, 2.75) is 19.4 Å². The fraction of sp³-hybridized carbons (Fsp3) is 0.750. The van der Waals surface area contributed by atoms with Gasteiger partial charge in [0.1, 0.15) is 0 Å². The molecule has 3 aliphatic rings. The van der Waals surface area contributed by atoms with Crippen molar-refractivity contribution in [3.63, 3.8) is 0 Å². The lowest BCUT2D eigenvalue weighted by atomic mass is 10.3. The average molecular weight is 336 g/mol. The minimum absolute atomic E-state index is 0.335. The van der Waals surface area contributed by atoms with Gasteiger partial charge < -0.3 is 14.5 Å². The molecule has 0 radical (unpaired) electrons. The summed E-state index contributed by atoms with van der Waals surface area (Å²) in [7, 11) is 0. The smallest absolute Gasteiger partial charge is 0.225 e. The molecule has 0 atom stereocenters. The number of rotatable bonds is 4. The highest BCUT2D eigenvalue weighted by Gasteiger charge is 2.34. The molecule has 2 saturated heterocycles. The van der Waals surface area contributed by atoms with Gasteiger partial charge in [0.05, 0.1) is 18.9 Å². The molecule has 0 bridgehead atoms. The summed E-state index contributed by atoms with van der Waals surface area (Å²) in [4.78, 5) is 23.7. The molecule has 3 fully saturated rings. The Morgan fingerprint density at radius 2 is 1.91 bits per heavy atom. The third kappa shape index (κ3) is 3.67. The highest BCUT2D eigenvalue weighted by molar-refractivity contribution is 7.13. The number of hydrogen-bond acceptors (Lipinski definition) is 6. The molecule has 7 heteroatoms. The van der Waals surface area contributed by atoms with Crippen molar-refractivity contribution in [1.29, 1.82) is 0 Å². The number of thiazole rings is 1. The third-order valence-electron chi connectivity index (χ3n) is 4.82. The molecule has 2 aliphatic heterocycles. The first kappa shape index (κ1) is 15.4. The van der Waals surface area contributed by atoms with E-state index >= 15 is 0 Å². The fourth-order valence-corrected chi connectivity index (χ4v) is 4.08. The van der Waals surface area contributed by atoms with Crippen LogP contribution in [0, 0.1) is 5.92 Å². The second-order valence-electron chi connectivity index (χ2n) is 6.60. The first-order chi connectivity index (χ1) is 11.3. The lowest BCUT2D eigenvalue weighted by Gasteiger charge is -2.34. The summed E-state index contributed by atoms with van der Waals surface area (Å²) in [5.41, 5.74) is 1.16. The van der Waals surface area contributed by atoms with Crippen LogP contribution in [0.4, 0.5) is 5.13 Å². The Morgan fingerprint density at radius 1 is 1.17 bits per heavy atom. The minimum atomic E-state index is 0.335. The molecule has 1 aromatic rings. The van der Waals surface area contributed by atoms with Gasteiger partial charge in [-0.1, -0.05) is 0 Å². The van der Waals surface area contributed by atoms with Gasteiger partial charge in [0.15, 0.2) is 5.13 Å². The molecule has 1 aliphatic carbocycles. The van der Waals surface area contributed by atoms with Crippen molar-refractivity contribution in [2.24, 2.45) is 5.92 Å². The van der Waals surface area contributed by atoms with Gasteiger partial charge in [0.25, 0.3) is 0 Å². The molecule has 3 heterocycles. The highest BCUT2D eigenvalue weighted by Crippen LogP contribution is 2.31. The van der Waals surface area contributed by atoms with Gasteiger partial charge in [-0.3, -0.25) is 9.69 Å². The zero-order valence-corrected chi connectivity index (χ0v) is 14.3. The van der Waals surface area contributed by atoms with E-state index in [0.717, 1.165) is 82.7 Å².